The summed E-state index contributed by atoms with van der Waals surface area (Å²) >= 11 is 0. The van der Waals surface area contributed by atoms with Gasteiger partial charge in [0.2, 0.25) is 11.8 Å². The van der Waals surface area contributed by atoms with E-state index in [2.05, 4.69) is 27.3 Å². The summed E-state index contributed by atoms with van der Waals surface area (Å²) in [4.78, 5) is 20.9. The average Bonchev–Trinajstić information content (AvgIpc) is 3.24. The lowest BCUT2D eigenvalue weighted by Gasteiger charge is -2.18. The fraction of sp³-hybridized carbons (Fsp3) is 0.280. The van der Waals surface area contributed by atoms with Crippen molar-refractivity contribution >= 4 is 22.5 Å². The van der Waals surface area contributed by atoms with Crippen LogP contribution < -0.4 is 10.1 Å². The van der Waals surface area contributed by atoms with Crippen LogP contribution in [0.25, 0.3) is 10.9 Å². The Morgan fingerprint density at radius 1 is 1.15 bits per heavy atom. The minimum atomic E-state index is -0.527. The van der Waals surface area contributed by atoms with Crippen LogP contribution in [0.3, 0.4) is 0 Å². The highest BCUT2D eigenvalue weighted by molar-refractivity contribution is 5.92. The molecule has 1 N–H and O–H groups in total. The second-order valence-electron chi connectivity index (χ2n) is 8.81. The molecule has 8 heteroatoms. The maximum atomic E-state index is 14.7. The average molecular weight is 448 g/mol. The van der Waals surface area contributed by atoms with E-state index in [-0.39, 0.29) is 23.4 Å². The summed E-state index contributed by atoms with van der Waals surface area (Å²) in [5.74, 6) is -0.202. The van der Waals surface area contributed by atoms with Crippen LogP contribution in [0.2, 0.25) is 0 Å². The molecule has 0 radical (unpaired) electrons. The highest BCUT2D eigenvalue weighted by Gasteiger charge is 2.16. The number of rotatable bonds is 6. The van der Waals surface area contributed by atoms with Crippen LogP contribution in [-0.2, 0) is 23.2 Å². The van der Waals surface area contributed by atoms with Crippen molar-refractivity contribution in [1.29, 1.82) is 0 Å². The summed E-state index contributed by atoms with van der Waals surface area (Å²) in [6.45, 7) is 8.10. The van der Waals surface area contributed by atoms with E-state index in [4.69, 9.17) is 4.74 Å². The maximum Gasteiger partial charge on any atom is 0.230 e. The van der Waals surface area contributed by atoms with Gasteiger partial charge in [0.1, 0.15) is 17.9 Å². The number of hydrogen-bond donors (Lipinski definition) is 1. The summed E-state index contributed by atoms with van der Waals surface area (Å²) in [5, 5.41) is 7.77. The Hall–Kier alpha value is -3.81. The van der Waals surface area contributed by atoms with Gasteiger partial charge in [-0.2, -0.15) is 5.10 Å². The van der Waals surface area contributed by atoms with Gasteiger partial charge in [0, 0.05) is 12.3 Å². The standard InChI is InChI=1S/C25H26FN5O2/c1-5-16-6-9-22-20(10-16)24(28-15-27-22)33-19-8-7-17(21(26)12-19)11-23(32)30-18-13-29-31(14-18)25(2,3)4/h6-10,12-15H,5,11H2,1-4H3,(H,30,32). The number of halogens is 1. The second kappa shape index (κ2) is 8.97. The number of nitrogens with zero attached hydrogens (tertiary/aromatic N) is 4. The Bertz CT molecular complexity index is 1310. The van der Waals surface area contributed by atoms with Gasteiger partial charge in [-0.3, -0.25) is 9.48 Å². The van der Waals surface area contributed by atoms with Crippen molar-refractivity contribution < 1.29 is 13.9 Å². The molecule has 0 aliphatic rings. The van der Waals surface area contributed by atoms with Crippen LogP contribution in [0, 0.1) is 5.82 Å². The molecule has 0 aliphatic carbocycles. The van der Waals surface area contributed by atoms with Crippen molar-refractivity contribution in [2.45, 2.75) is 46.1 Å². The van der Waals surface area contributed by atoms with Crippen LogP contribution in [0.4, 0.5) is 10.1 Å². The van der Waals surface area contributed by atoms with Gasteiger partial charge >= 0.3 is 0 Å². The van der Waals surface area contributed by atoms with Crippen LogP contribution in [0.1, 0.15) is 38.8 Å². The molecular weight excluding hydrogens is 421 g/mol. The molecular formula is C25H26FN5O2. The highest BCUT2D eigenvalue weighted by atomic mass is 19.1. The summed E-state index contributed by atoms with van der Waals surface area (Å²) in [6, 6.07) is 10.3. The van der Waals surface area contributed by atoms with E-state index >= 15 is 0 Å². The molecule has 1 amide bonds. The largest absolute Gasteiger partial charge is 0.438 e. The van der Waals surface area contributed by atoms with Gasteiger partial charge in [-0.05, 0) is 56.5 Å². The van der Waals surface area contributed by atoms with Crippen LogP contribution in [0.5, 0.6) is 11.6 Å². The minimum Gasteiger partial charge on any atom is -0.438 e. The zero-order chi connectivity index (χ0) is 23.6. The number of fused-ring (bicyclic) bond motifs is 1. The number of amides is 1. The number of aromatic nitrogens is 4. The summed E-state index contributed by atoms with van der Waals surface area (Å²) in [7, 11) is 0. The first-order valence-corrected chi connectivity index (χ1v) is 10.8. The van der Waals surface area contributed by atoms with Gasteiger partial charge in [-0.25, -0.2) is 14.4 Å². The third kappa shape index (κ3) is 5.16. The topological polar surface area (TPSA) is 81.9 Å². The Labute approximate surface area is 191 Å². The van der Waals surface area contributed by atoms with Gasteiger partial charge in [0.05, 0.1) is 34.7 Å². The molecule has 0 saturated heterocycles. The fourth-order valence-electron chi connectivity index (χ4n) is 3.36. The maximum absolute atomic E-state index is 14.7. The van der Waals surface area contributed by atoms with Crippen molar-refractivity contribution in [3.05, 3.63) is 72.1 Å². The number of benzene rings is 2. The van der Waals surface area contributed by atoms with Gasteiger partial charge in [0.25, 0.3) is 0 Å². The Kier molecular flexibility index (Phi) is 6.09. The zero-order valence-corrected chi connectivity index (χ0v) is 19.1. The molecule has 7 nitrogen and oxygen atoms in total. The molecule has 0 saturated carbocycles. The fourth-order valence-corrected chi connectivity index (χ4v) is 3.36. The molecule has 4 rings (SSSR count). The third-order valence-electron chi connectivity index (χ3n) is 5.22. The van der Waals surface area contributed by atoms with Crippen LogP contribution in [-0.4, -0.2) is 25.7 Å². The van der Waals surface area contributed by atoms with Crippen LogP contribution in [0.15, 0.2) is 55.1 Å². The number of aryl methyl sites for hydroxylation is 1. The van der Waals surface area contributed by atoms with Gasteiger partial charge < -0.3 is 10.1 Å². The molecule has 0 bridgehead atoms. The number of carbonyl (C=O) groups is 1. The summed E-state index contributed by atoms with van der Waals surface area (Å²) in [6.07, 6.45) is 5.50. The Balaban J connectivity index is 1.47. The summed E-state index contributed by atoms with van der Waals surface area (Å²) < 4.78 is 22.4. The summed E-state index contributed by atoms with van der Waals surface area (Å²) in [5.41, 5.74) is 2.52. The lowest BCUT2D eigenvalue weighted by atomic mass is 10.1. The first-order valence-electron chi connectivity index (χ1n) is 10.8. The normalized spacial score (nSPS) is 11.5. The Morgan fingerprint density at radius 2 is 1.97 bits per heavy atom. The monoisotopic (exact) mass is 447 g/mol. The smallest absolute Gasteiger partial charge is 0.230 e. The zero-order valence-electron chi connectivity index (χ0n) is 19.1. The number of ether oxygens (including phenoxy) is 1. The van der Waals surface area contributed by atoms with Crippen molar-refractivity contribution in [2.75, 3.05) is 5.32 Å². The van der Waals surface area contributed by atoms with E-state index in [0.29, 0.717) is 17.3 Å². The van der Waals surface area contributed by atoms with Gasteiger partial charge in [0.15, 0.2) is 0 Å². The van der Waals surface area contributed by atoms with E-state index in [9.17, 15) is 9.18 Å². The molecule has 0 spiro atoms. The highest BCUT2D eigenvalue weighted by Crippen LogP contribution is 2.28. The third-order valence-corrected chi connectivity index (χ3v) is 5.22. The molecule has 0 atom stereocenters. The first-order chi connectivity index (χ1) is 15.7. The SMILES string of the molecule is CCc1ccc2ncnc(Oc3ccc(CC(=O)Nc4cnn(C(C)(C)C)c4)c(F)c3)c2c1. The van der Waals surface area contributed by atoms with Crippen molar-refractivity contribution in [2.24, 2.45) is 0 Å². The molecule has 2 aromatic carbocycles. The molecule has 2 aromatic heterocycles. The Morgan fingerprint density at radius 3 is 2.67 bits per heavy atom. The molecule has 0 fully saturated rings. The van der Waals surface area contributed by atoms with Gasteiger partial charge in [-0.15, -0.1) is 0 Å². The van der Waals surface area contributed by atoms with E-state index in [1.165, 1.54) is 12.4 Å². The predicted octanol–water partition coefficient (Wildman–Crippen LogP) is 5.26. The molecule has 0 aliphatic heterocycles. The molecule has 33 heavy (non-hydrogen) atoms. The van der Waals surface area contributed by atoms with E-state index in [0.717, 1.165) is 22.9 Å². The van der Waals surface area contributed by atoms with Crippen molar-refractivity contribution in [1.82, 2.24) is 19.7 Å². The van der Waals surface area contributed by atoms with E-state index in [1.54, 1.807) is 29.2 Å². The predicted molar refractivity (Wildman–Crippen MR) is 125 cm³/mol. The molecule has 170 valence electrons. The lowest BCUT2D eigenvalue weighted by molar-refractivity contribution is -0.115. The van der Waals surface area contributed by atoms with Crippen LogP contribution >= 0.6 is 0 Å². The first kappa shape index (κ1) is 22.4. The van der Waals surface area contributed by atoms with Crippen molar-refractivity contribution in [3.8, 4) is 11.6 Å². The van der Waals surface area contributed by atoms with Crippen molar-refractivity contribution in [3.63, 3.8) is 0 Å². The lowest BCUT2D eigenvalue weighted by Crippen LogP contribution is -2.22. The minimum absolute atomic E-state index is 0.108. The number of hydrogen-bond acceptors (Lipinski definition) is 5. The van der Waals surface area contributed by atoms with E-state index in [1.807, 2.05) is 39.0 Å². The number of carbonyl (C=O) groups excluding carboxylic acids is 1. The second-order valence-corrected chi connectivity index (χ2v) is 8.81. The molecule has 4 aromatic rings. The van der Waals surface area contributed by atoms with Gasteiger partial charge in [-0.1, -0.05) is 19.1 Å². The molecule has 0 unspecified atom stereocenters. The quantitative estimate of drug-likeness (QED) is 0.436. The van der Waals surface area contributed by atoms with E-state index < -0.39 is 5.82 Å². The number of nitrogens with one attached hydrogen (secondary N) is 1. The molecule has 2 heterocycles. The number of anilines is 1.